The van der Waals surface area contributed by atoms with Gasteiger partial charge in [-0.15, -0.1) is 9.24 Å². The van der Waals surface area contributed by atoms with Gasteiger partial charge in [-0.25, -0.2) is 4.79 Å². The summed E-state index contributed by atoms with van der Waals surface area (Å²) in [5.41, 5.74) is 7.41. The van der Waals surface area contributed by atoms with Crippen molar-refractivity contribution in [3.05, 3.63) is 89.3 Å². The van der Waals surface area contributed by atoms with E-state index in [0.717, 1.165) is 30.3 Å². The Bertz CT molecular complexity index is 925. The second kappa shape index (κ2) is 12.2. The molecule has 32 heavy (non-hydrogen) atoms. The monoisotopic (exact) mass is 455 g/mol. The fourth-order valence-electron chi connectivity index (χ4n) is 2.86. The van der Waals surface area contributed by atoms with Gasteiger partial charge >= 0.3 is 5.97 Å². The third-order valence-electron chi connectivity index (χ3n) is 4.97. The Hall–Kier alpha value is -2.98. The molecule has 0 radical (unpaired) electrons. The molecule has 0 bridgehead atoms. The number of aliphatic carboxylic acids is 1. The lowest BCUT2D eigenvalue weighted by Gasteiger charge is -2.25. The average Bonchev–Trinajstić information content (AvgIpc) is 2.77. The molecule has 1 unspecified atom stereocenters. The summed E-state index contributed by atoms with van der Waals surface area (Å²) in [6, 6.07) is 17.7. The van der Waals surface area contributed by atoms with Crippen LogP contribution in [0.5, 0.6) is 5.75 Å². The van der Waals surface area contributed by atoms with Crippen LogP contribution in [-0.2, 0) is 17.8 Å². The van der Waals surface area contributed by atoms with Gasteiger partial charge in [-0.3, -0.25) is 0 Å². The van der Waals surface area contributed by atoms with Crippen molar-refractivity contribution in [3.8, 4) is 5.75 Å². The summed E-state index contributed by atoms with van der Waals surface area (Å²) in [6.07, 6.45) is 5.47. The van der Waals surface area contributed by atoms with Crippen molar-refractivity contribution in [2.24, 2.45) is 5.73 Å². The Balaban J connectivity index is 2.07. The predicted molar refractivity (Wildman–Crippen MR) is 133 cm³/mol. The molecule has 1 atom stereocenters. The van der Waals surface area contributed by atoms with Crippen molar-refractivity contribution in [2.75, 3.05) is 6.54 Å². The first-order valence-electron chi connectivity index (χ1n) is 10.7. The summed E-state index contributed by atoms with van der Waals surface area (Å²) in [5, 5.41) is 13.6. The molecule has 7 heteroatoms. The van der Waals surface area contributed by atoms with Crippen LogP contribution in [0.15, 0.2) is 78.1 Å². The molecule has 2 aromatic rings. The van der Waals surface area contributed by atoms with Gasteiger partial charge in [0.25, 0.3) is 0 Å². The van der Waals surface area contributed by atoms with E-state index in [4.69, 9.17) is 10.5 Å². The lowest BCUT2D eigenvalue weighted by Crippen LogP contribution is -2.37. The molecule has 2 rings (SSSR count). The molecule has 0 aliphatic heterocycles. The maximum atomic E-state index is 11.3. The van der Waals surface area contributed by atoms with E-state index in [-0.39, 0.29) is 0 Å². The summed E-state index contributed by atoms with van der Waals surface area (Å²) in [5.74, 6) is 0.181. The van der Waals surface area contributed by atoms with Crippen LogP contribution in [0.3, 0.4) is 0 Å². The number of hydrogen-bond acceptors (Lipinski definition) is 5. The molecule has 0 saturated carbocycles. The van der Waals surface area contributed by atoms with Crippen LogP contribution in [0.4, 0.5) is 0 Å². The number of carboxylic acids is 1. The highest BCUT2D eigenvalue weighted by Gasteiger charge is 2.29. The highest BCUT2D eigenvalue weighted by molar-refractivity contribution is 7.22. The van der Waals surface area contributed by atoms with Gasteiger partial charge < -0.3 is 25.8 Å². The summed E-state index contributed by atoms with van der Waals surface area (Å²) in [7, 11) is 2.70. The number of nitrogens with two attached hydrogens (primary N) is 1. The number of nitrogens with one attached hydrogen (secondary N) is 1. The van der Waals surface area contributed by atoms with E-state index in [2.05, 4.69) is 38.5 Å². The Morgan fingerprint density at radius 2 is 1.78 bits per heavy atom. The maximum Gasteiger partial charge on any atom is 0.347 e. The normalized spacial score (nSPS) is 12.4. The van der Waals surface area contributed by atoms with Gasteiger partial charge in [0.15, 0.2) is 5.60 Å². The van der Waals surface area contributed by atoms with Crippen molar-refractivity contribution >= 4 is 15.2 Å². The lowest BCUT2D eigenvalue weighted by atomic mass is 10.1. The molecule has 0 aliphatic carbocycles. The van der Waals surface area contributed by atoms with Gasteiger partial charge in [0.1, 0.15) is 11.6 Å². The largest absolute Gasteiger partial charge is 0.478 e. The zero-order valence-corrected chi connectivity index (χ0v) is 20.2. The number of hydrogen-bond donors (Lipinski definition) is 3. The fourth-order valence-corrected chi connectivity index (χ4v) is 2.95. The van der Waals surface area contributed by atoms with Crippen molar-refractivity contribution < 1.29 is 14.6 Å². The van der Waals surface area contributed by atoms with Gasteiger partial charge in [-0.1, -0.05) is 49.4 Å². The first kappa shape index (κ1) is 25.3. The molecule has 0 aliphatic rings. The maximum absolute atomic E-state index is 11.3. The number of rotatable bonds is 12. The highest BCUT2D eigenvalue weighted by atomic mass is 31.0. The molecule has 0 amide bonds. The predicted octanol–water partition coefficient (Wildman–Crippen LogP) is 4.45. The quantitative estimate of drug-likeness (QED) is 0.410. The van der Waals surface area contributed by atoms with Crippen LogP contribution < -0.4 is 15.8 Å². The number of carbonyl (C=O) groups is 1. The zero-order chi connectivity index (χ0) is 23.6. The van der Waals surface area contributed by atoms with Gasteiger partial charge in [0.05, 0.1) is 0 Å². The summed E-state index contributed by atoms with van der Waals surface area (Å²) in [6.45, 7) is 6.58. The average molecular weight is 456 g/mol. The molecule has 0 fully saturated rings. The van der Waals surface area contributed by atoms with Crippen LogP contribution in [0.25, 0.3) is 0 Å². The molecule has 0 aromatic heterocycles. The number of benzene rings is 2. The van der Waals surface area contributed by atoms with Crippen molar-refractivity contribution in [1.29, 1.82) is 0 Å². The smallest absolute Gasteiger partial charge is 0.347 e. The van der Waals surface area contributed by atoms with E-state index in [1.54, 1.807) is 12.1 Å². The third-order valence-corrected chi connectivity index (χ3v) is 5.55. The minimum absolute atomic E-state index is 0.529. The second-order valence-electron chi connectivity index (χ2n) is 8.03. The fraction of sp³-hybridized carbons (Fsp3) is 0.320. The summed E-state index contributed by atoms with van der Waals surface area (Å²) < 4.78 is 5.58. The van der Waals surface area contributed by atoms with E-state index in [1.165, 1.54) is 19.4 Å². The first-order valence-corrected chi connectivity index (χ1v) is 11.3. The van der Waals surface area contributed by atoms with Crippen molar-refractivity contribution in [1.82, 2.24) is 10.2 Å². The van der Waals surface area contributed by atoms with Gasteiger partial charge in [0.2, 0.25) is 0 Å². The van der Waals surface area contributed by atoms with E-state index in [9.17, 15) is 9.90 Å². The molecule has 2 aromatic carbocycles. The highest BCUT2D eigenvalue weighted by Crippen LogP contribution is 2.20. The van der Waals surface area contributed by atoms with Gasteiger partial charge in [-0.2, -0.15) is 0 Å². The molecule has 172 valence electrons. The van der Waals surface area contributed by atoms with E-state index >= 15 is 0 Å². The van der Waals surface area contributed by atoms with Crippen molar-refractivity contribution in [3.63, 3.8) is 0 Å². The van der Waals surface area contributed by atoms with E-state index in [1.807, 2.05) is 42.7 Å². The Labute approximate surface area is 193 Å². The molecular formula is C25H34N3O3P. The SMILES string of the molecule is CC/C(P)=C/NC=C(N)N(CCc1ccc(OC(C)(C)C(=O)O)cc1)Cc1ccccc1. The molecule has 0 heterocycles. The standard InChI is InChI=1S/C25H34N3O3P/c1-4-22(32)16-27-17-23(26)28(18-20-8-6-5-7-9-20)15-14-19-10-12-21(13-11-19)31-25(2,3)24(29)30/h5-13,16-17,27H,4,14-15,18,26,32H2,1-3H3,(H,29,30)/b22-16-,23-17?. The number of ether oxygens (including phenoxy) is 1. The summed E-state index contributed by atoms with van der Waals surface area (Å²) >= 11 is 0. The summed E-state index contributed by atoms with van der Waals surface area (Å²) in [4.78, 5) is 13.4. The van der Waals surface area contributed by atoms with Gasteiger partial charge in [-0.05, 0) is 55.3 Å². The number of nitrogens with zero attached hydrogens (tertiary/aromatic N) is 1. The molecular weight excluding hydrogens is 421 g/mol. The van der Waals surface area contributed by atoms with Crippen LogP contribution in [-0.4, -0.2) is 28.1 Å². The second-order valence-corrected chi connectivity index (χ2v) is 8.77. The van der Waals surface area contributed by atoms with Crippen molar-refractivity contribution in [2.45, 2.75) is 45.8 Å². The number of allylic oxidation sites excluding steroid dienone is 1. The molecule has 4 N–H and O–H groups in total. The van der Waals surface area contributed by atoms with Crippen LogP contribution in [0.1, 0.15) is 38.3 Å². The number of carboxylic acid groups (broad SMARTS) is 1. The Morgan fingerprint density at radius 1 is 1.12 bits per heavy atom. The third kappa shape index (κ3) is 8.27. The van der Waals surface area contributed by atoms with E-state index < -0.39 is 11.6 Å². The lowest BCUT2D eigenvalue weighted by molar-refractivity contribution is -0.152. The van der Waals surface area contributed by atoms with Crippen LogP contribution in [0.2, 0.25) is 0 Å². The van der Waals surface area contributed by atoms with Crippen LogP contribution >= 0.6 is 9.24 Å². The van der Waals surface area contributed by atoms with Gasteiger partial charge in [0, 0.05) is 25.5 Å². The topological polar surface area (TPSA) is 87.8 Å². The first-order chi connectivity index (χ1) is 15.2. The molecule has 0 spiro atoms. The van der Waals surface area contributed by atoms with E-state index in [0.29, 0.717) is 18.1 Å². The molecule has 0 saturated heterocycles. The zero-order valence-electron chi connectivity index (χ0n) is 19.0. The minimum Gasteiger partial charge on any atom is -0.478 e. The Morgan fingerprint density at radius 3 is 2.38 bits per heavy atom. The minimum atomic E-state index is -1.27. The molecule has 6 nitrogen and oxygen atoms in total. The Kier molecular flexibility index (Phi) is 9.61. The van der Waals surface area contributed by atoms with Crippen LogP contribution in [0, 0.1) is 0 Å².